The van der Waals surface area contributed by atoms with E-state index in [4.69, 9.17) is 0 Å². The average molecular weight is 235 g/mol. The highest BCUT2D eigenvalue weighted by Gasteiger charge is 2.28. The molecule has 92 valence electrons. The Morgan fingerprint density at radius 2 is 1.88 bits per heavy atom. The molecule has 1 amide bonds. The van der Waals surface area contributed by atoms with Crippen LogP contribution < -0.4 is 5.32 Å². The normalized spacial score (nSPS) is 13.8. The highest BCUT2D eigenvalue weighted by molar-refractivity contribution is 5.83. The van der Waals surface area contributed by atoms with Crippen LogP contribution in [0, 0.1) is 0 Å². The molecule has 0 aliphatic carbocycles. The summed E-state index contributed by atoms with van der Waals surface area (Å²) in [6.07, 6.45) is 0.654. The maximum absolute atomic E-state index is 11.2. The van der Waals surface area contributed by atoms with E-state index in [1.807, 2.05) is 37.3 Å². The van der Waals surface area contributed by atoms with Gasteiger partial charge in [-0.2, -0.15) is 0 Å². The lowest BCUT2D eigenvalue weighted by molar-refractivity contribution is -0.142. The van der Waals surface area contributed by atoms with Crippen molar-refractivity contribution in [1.29, 1.82) is 0 Å². The van der Waals surface area contributed by atoms with E-state index in [2.05, 4.69) is 5.32 Å². The van der Waals surface area contributed by atoms with Crippen LogP contribution in [0.1, 0.15) is 31.7 Å². The zero-order valence-corrected chi connectivity index (χ0v) is 10.0. The van der Waals surface area contributed by atoms with E-state index in [9.17, 15) is 14.7 Å². The van der Waals surface area contributed by atoms with Crippen LogP contribution in [-0.2, 0) is 9.59 Å². The van der Waals surface area contributed by atoms with Crippen molar-refractivity contribution in [2.75, 3.05) is 0 Å². The van der Waals surface area contributed by atoms with Gasteiger partial charge in [-0.25, -0.2) is 4.79 Å². The van der Waals surface area contributed by atoms with Gasteiger partial charge in [0.05, 0.1) is 0 Å². The van der Waals surface area contributed by atoms with Crippen LogP contribution in [-0.4, -0.2) is 23.0 Å². The second kappa shape index (κ2) is 6.03. The monoisotopic (exact) mass is 235 g/mol. The van der Waals surface area contributed by atoms with Crippen LogP contribution in [0.2, 0.25) is 0 Å². The number of rotatable bonds is 5. The molecular formula is C13H17NO3. The minimum atomic E-state index is -1.00. The number of carbonyl (C=O) groups excluding carboxylic acids is 1. The smallest absolute Gasteiger partial charge is 0.326 e. The van der Waals surface area contributed by atoms with Gasteiger partial charge in [0.25, 0.3) is 0 Å². The molecule has 0 aliphatic heterocycles. The number of benzene rings is 1. The van der Waals surface area contributed by atoms with E-state index in [0.29, 0.717) is 6.42 Å². The molecule has 2 N–H and O–H groups in total. The van der Waals surface area contributed by atoms with Crippen molar-refractivity contribution < 1.29 is 14.7 Å². The molecule has 0 radical (unpaired) electrons. The first-order valence-electron chi connectivity index (χ1n) is 5.61. The van der Waals surface area contributed by atoms with Gasteiger partial charge in [-0.15, -0.1) is 0 Å². The van der Waals surface area contributed by atoms with Crippen molar-refractivity contribution in [3.05, 3.63) is 35.9 Å². The number of carboxylic acid groups (broad SMARTS) is 1. The molecule has 1 rings (SSSR count). The molecule has 0 aromatic heterocycles. The van der Waals surface area contributed by atoms with E-state index in [1.54, 1.807) is 0 Å². The van der Waals surface area contributed by atoms with Crippen LogP contribution in [0.25, 0.3) is 0 Å². The van der Waals surface area contributed by atoms with Gasteiger partial charge in [0.1, 0.15) is 6.04 Å². The Hall–Kier alpha value is -1.84. The molecular weight excluding hydrogens is 218 g/mol. The fourth-order valence-corrected chi connectivity index (χ4v) is 1.92. The van der Waals surface area contributed by atoms with Crippen molar-refractivity contribution in [1.82, 2.24) is 5.32 Å². The van der Waals surface area contributed by atoms with Gasteiger partial charge in [-0.05, 0) is 12.0 Å². The Morgan fingerprint density at radius 3 is 2.29 bits per heavy atom. The Kier molecular flexibility index (Phi) is 4.69. The van der Waals surface area contributed by atoms with Gasteiger partial charge in [-0.1, -0.05) is 37.3 Å². The molecule has 4 heteroatoms. The molecule has 2 atom stereocenters. The Balaban J connectivity index is 2.97. The second-order valence-corrected chi connectivity index (χ2v) is 3.94. The zero-order valence-electron chi connectivity index (χ0n) is 10.0. The predicted molar refractivity (Wildman–Crippen MR) is 64.7 cm³/mol. The van der Waals surface area contributed by atoms with Gasteiger partial charge in [-0.3, -0.25) is 4.79 Å². The largest absolute Gasteiger partial charge is 0.480 e. The van der Waals surface area contributed by atoms with Crippen molar-refractivity contribution in [3.8, 4) is 0 Å². The van der Waals surface area contributed by atoms with Gasteiger partial charge < -0.3 is 10.4 Å². The number of hydrogen-bond donors (Lipinski definition) is 2. The SMILES string of the molecule is CCC(c1ccccc1)C(NC(C)=O)C(=O)O. The number of carboxylic acids is 1. The molecule has 0 heterocycles. The summed E-state index contributed by atoms with van der Waals surface area (Å²) in [6.45, 7) is 3.24. The molecule has 4 nitrogen and oxygen atoms in total. The summed E-state index contributed by atoms with van der Waals surface area (Å²) in [4.78, 5) is 22.2. The summed E-state index contributed by atoms with van der Waals surface area (Å²) < 4.78 is 0. The molecule has 17 heavy (non-hydrogen) atoms. The van der Waals surface area contributed by atoms with Crippen LogP contribution >= 0.6 is 0 Å². The van der Waals surface area contributed by atoms with E-state index in [1.165, 1.54) is 6.92 Å². The van der Waals surface area contributed by atoms with Gasteiger partial charge in [0.2, 0.25) is 5.91 Å². The highest BCUT2D eigenvalue weighted by atomic mass is 16.4. The minimum absolute atomic E-state index is 0.211. The number of amides is 1. The zero-order chi connectivity index (χ0) is 12.8. The fourth-order valence-electron chi connectivity index (χ4n) is 1.92. The van der Waals surface area contributed by atoms with Crippen LogP contribution in [0.15, 0.2) is 30.3 Å². The molecule has 2 unspecified atom stereocenters. The maximum atomic E-state index is 11.2. The van der Waals surface area contributed by atoms with Gasteiger partial charge in [0, 0.05) is 12.8 Å². The first-order chi connectivity index (χ1) is 8.06. The number of hydrogen-bond acceptors (Lipinski definition) is 2. The Labute approximate surface area is 101 Å². The molecule has 0 spiro atoms. The van der Waals surface area contributed by atoms with E-state index < -0.39 is 12.0 Å². The van der Waals surface area contributed by atoms with Crippen molar-refractivity contribution >= 4 is 11.9 Å². The van der Waals surface area contributed by atoms with Crippen LogP contribution in [0.3, 0.4) is 0 Å². The third kappa shape index (κ3) is 3.59. The van der Waals surface area contributed by atoms with Crippen molar-refractivity contribution in [2.24, 2.45) is 0 Å². The third-order valence-corrected chi connectivity index (χ3v) is 2.69. The van der Waals surface area contributed by atoms with Crippen molar-refractivity contribution in [3.63, 3.8) is 0 Å². The summed E-state index contributed by atoms with van der Waals surface area (Å²) >= 11 is 0. The molecule has 0 saturated carbocycles. The maximum Gasteiger partial charge on any atom is 0.326 e. The predicted octanol–water partition coefficient (Wildman–Crippen LogP) is 1.77. The number of aliphatic carboxylic acids is 1. The van der Waals surface area contributed by atoms with Crippen LogP contribution in [0.4, 0.5) is 0 Å². The molecule has 1 aromatic rings. The molecule has 0 fully saturated rings. The summed E-state index contributed by atoms with van der Waals surface area (Å²) in [5.41, 5.74) is 0.927. The quantitative estimate of drug-likeness (QED) is 0.817. The standard InChI is InChI=1S/C13H17NO3/c1-3-11(10-7-5-4-6-8-10)12(13(16)17)14-9(2)15/h4-8,11-12H,3H2,1-2H3,(H,14,15)(H,16,17). The van der Waals surface area contributed by atoms with E-state index in [0.717, 1.165) is 5.56 Å². The van der Waals surface area contributed by atoms with Gasteiger partial charge in [0.15, 0.2) is 0 Å². The first kappa shape index (κ1) is 13.2. The topological polar surface area (TPSA) is 66.4 Å². The summed E-state index contributed by atoms with van der Waals surface area (Å²) in [7, 11) is 0. The van der Waals surface area contributed by atoms with Crippen LogP contribution in [0.5, 0.6) is 0 Å². The molecule has 0 saturated heterocycles. The lowest BCUT2D eigenvalue weighted by Crippen LogP contribution is -2.43. The lowest BCUT2D eigenvalue weighted by atomic mass is 9.89. The summed E-state index contributed by atoms with van der Waals surface area (Å²) in [6, 6.07) is 8.50. The highest BCUT2D eigenvalue weighted by Crippen LogP contribution is 2.23. The first-order valence-corrected chi connectivity index (χ1v) is 5.61. The van der Waals surface area contributed by atoms with E-state index >= 15 is 0 Å². The molecule has 0 aliphatic rings. The Bertz CT molecular complexity index is 389. The Morgan fingerprint density at radius 1 is 1.29 bits per heavy atom. The van der Waals surface area contributed by atoms with E-state index in [-0.39, 0.29) is 11.8 Å². The third-order valence-electron chi connectivity index (χ3n) is 2.69. The summed E-state index contributed by atoms with van der Waals surface area (Å²) in [5.74, 6) is -1.54. The molecule has 0 bridgehead atoms. The fraction of sp³-hybridized carbons (Fsp3) is 0.385. The lowest BCUT2D eigenvalue weighted by Gasteiger charge is -2.23. The van der Waals surface area contributed by atoms with Gasteiger partial charge >= 0.3 is 5.97 Å². The molecule has 1 aromatic carbocycles. The second-order valence-electron chi connectivity index (χ2n) is 3.94. The number of nitrogens with one attached hydrogen (secondary N) is 1. The minimum Gasteiger partial charge on any atom is -0.480 e. The number of carbonyl (C=O) groups is 2. The van der Waals surface area contributed by atoms with Crippen molar-refractivity contribution in [2.45, 2.75) is 32.2 Å². The summed E-state index contributed by atoms with van der Waals surface area (Å²) in [5, 5.41) is 11.7. The average Bonchev–Trinajstić information content (AvgIpc) is 2.29.